The Labute approximate surface area is 129 Å². The Morgan fingerprint density at radius 1 is 1.39 bits per heavy atom. The summed E-state index contributed by atoms with van der Waals surface area (Å²) in [6, 6.07) is 2.92. The van der Waals surface area contributed by atoms with Crippen molar-refractivity contribution >= 4 is 23.4 Å². The van der Waals surface area contributed by atoms with Gasteiger partial charge in [0, 0.05) is 26.2 Å². The fourth-order valence-electron chi connectivity index (χ4n) is 1.96. The van der Waals surface area contributed by atoms with Crippen molar-refractivity contribution in [2.75, 3.05) is 36.1 Å². The van der Waals surface area contributed by atoms with E-state index in [0.717, 1.165) is 31.9 Å². The summed E-state index contributed by atoms with van der Waals surface area (Å²) < 4.78 is 36.8. The number of carbonyl (C=O) groups is 1. The van der Waals surface area contributed by atoms with Crippen LogP contribution < -0.4 is 21.0 Å². The number of alkyl halides is 3. The zero-order chi connectivity index (χ0) is 17.0. The number of piperazine rings is 1. The number of nitrogens with two attached hydrogens (primary N) is 1. The number of aromatic nitrogens is 1. The van der Waals surface area contributed by atoms with Crippen LogP contribution in [-0.4, -0.2) is 49.3 Å². The predicted molar refractivity (Wildman–Crippen MR) is 75.9 cm³/mol. The number of hydrogen-bond acceptors (Lipinski definition) is 6. The standard InChI is InChI=1S/C12H15F3N6O2/c13-12(14,15)10(22)23-21(11(16)17)9-2-1-8(7-19-9)20-5-3-18-4-6-20/h1-2,7,18H,3-6H2,(H3,16,17). The molecule has 126 valence electrons. The van der Waals surface area contributed by atoms with Crippen molar-refractivity contribution < 1.29 is 22.8 Å². The molecule has 1 aliphatic heterocycles. The molecule has 0 unspecified atom stereocenters. The zero-order valence-corrected chi connectivity index (χ0v) is 11.9. The number of rotatable bonds is 2. The Kier molecular flexibility index (Phi) is 4.89. The Hall–Kier alpha value is -2.56. The first-order valence-electron chi connectivity index (χ1n) is 6.64. The van der Waals surface area contributed by atoms with E-state index >= 15 is 0 Å². The molecule has 0 radical (unpaired) electrons. The number of guanidine groups is 1. The van der Waals surface area contributed by atoms with Gasteiger partial charge in [-0.2, -0.15) is 13.2 Å². The average molecular weight is 332 g/mol. The van der Waals surface area contributed by atoms with Gasteiger partial charge in [-0.25, -0.2) is 9.78 Å². The summed E-state index contributed by atoms with van der Waals surface area (Å²) in [6.45, 7) is 3.15. The molecule has 1 fully saturated rings. The summed E-state index contributed by atoms with van der Waals surface area (Å²) in [7, 11) is 0. The maximum atomic E-state index is 12.3. The minimum atomic E-state index is -5.20. The maximum Gasteiger partial charge on any atom is 0.493 e. The second kappa shape index (κ2) is 6.69. The molecule has 11 heteroatoms. The second-order valence-electron chi connectivity index (χ2n) is 4.67. The van der Waals surface area contributed by atoms with Gasteiger partial charge in [-0.05, 0) is 12.1 Å². The van der Waals surface area contributed by atoms with Crippen LogP contribution in [0.15, 0.2) is 18.3 Å². The van der Waals surface area contributed by atoms with Crippen LogP contribution in [0, 0.1) is 5.41 Å². The summed E-state index contributed by atoms with van der Waals surface area (Å²) >= 11 is 0. The molecule has 1 aliphatic rings. The van der Waals surface area contributed by atoms with Crippen LogP contribution >= 0.6 is 0 Å². The third kappa shape index (κ3) is 4.22. The van der Waals surface area contributed by atoms with Crippen LogP contribution in [0.5, 0.6) is 0 Å². The highest BCUT2D eigenvalue weighted by atomic mass is 19.4. The highest BCUT2D eigenvalue weighted by Gasteiger charge is 2.43. The second-order valence-corrected chi connectivity index (χ2v) is 4.67. The smallest absolute Gasteiger partial charge is 0.368 e. The van der Waals surface area contributed by atoms with Crippen LogP contribution in [0.3, 0.4) is 0 Å². The fourth-order valence-corrected chi connectivity index (χ4v) is 1.96. The Bertz CT molecular complexity index is 571. The van der Waals surface area contributed by atoms with Crippen LogP contribution in [-0.2, 0) is 9.63 Å². The monoisotopic (exact) mass is 332 g/mol. The van der Waals surface area contributed by atoms with Gasteiger partial charge in [0.25, 0.3) is 0 Å². The Morgan fingerprint density at radius 2 is 2.04 bits per heavy atom. The lowest BCUT2D eigenvalue weighted by molar-refractivity contribution is -0.199. The van der Waals surface area contributed by atoms with E-state index in [4.69, 9.17) is 11.1 Å². The summed E-state index contributed by atoms with van der Waals surface area (Å²) in [6.07, 6.45) is -3.79. The molecule has 0 amide bonds. The van der Waals surface area contributed by atoms with Gasteiger partial charge in [0.1, 0.15) is 0 Å². The van der Waals surface area contributed by atoms with Gasteiger partial charge in [0.05, 0.1) is 11.9 Å². The highest BCUT2D eigenvalue weighted by Crippen LogP contribution is 2.21. The Morgan fingerprint density at radius 3 is 2.52 bits per heavy atom. The lowest BCUT2D eigenvalue weighted by Gasteiger charge is -2.29. The molecule has 4 N–H and O–H groups in total. The minimum Gasteiger partial charge on any atom is -0.368 e. The van der Waals surface area contributed by atoms with Gasteiger partial charge in [-0.3, -0.25) is 5.41 Å². The van der Waals surface area contributed by atoms with E-state index in [0.29, 0.717) is 0 Å². The Balaban J connectivity index is 2.13. The van der Waals surface area contributed by atoms with E-state index in [1.807, 2.05) is 4.90 Å². The minimum absolute atomic E-state index is 0.200. The van der Waals surface area contributed by atoms with Crippen LogP contribution in [0.25, 0.3) is 0 Å². The molecule has 0 atom stereocenters. The zero-order valence-electron chi connectivity index (χ0n) is 11.9. The molecule has 0 aliphatic carbocycles. The summed E-state index contributed by atoms with van der Waals surface area (Å²) in [4.78, 5) is 20.9. The third-order valence-electron chi connectivity index (χ3n) is 3.05. The number of anilines is 2. The number of nitrogens with zero attached hydrogens (tertiary/aromatic N) is 3. The molecule has 1 aromatic rings. The molecule has 2 heterocycles. The van der Waals surface area contributed by atoms with Crippen LogP contribution in [0.1, 0.15) is 0 Å². The first-order chi connectivity index (χ1) is 10.8. The van der Waals surface area contributed by atoms with E-state index < -0.39 is 18.1 Å². The average Bonchev–Trinajstić information content (AvgIpc) is 2.52. The number of halogens is 3. The summed E-state index contributed by atoms with van der Waals surface area (Å²) in [5, 5.41) is 10.6. The van der Waals surface area contributed by atoms with Gasteiger partial charge >= 0.3 is 12.1 Å². The molecule has 0 spiro atoms. The molecule has 0 saturated carbocycles. The number of hydroxylamine groups is 1. The van der Waals surface area contributed by atoms with Gasteiger partial charge in [-0.1, -0.05) is 0 Å². The SMILES string of the molecule is N=C(N)N(OC(=O)C(F)(F)F)c1ccc(N2CCNCC2)cn1. The topological polar surface area (TPSA) is 108 Å². The summed E-state index contributed by atoms with van der Waals surface area (Å²) in [5.41, 5.74) is 5.91. The quantitative estimate of drug-likeness (QED) is 0.404. The molecular weight excluding hydrogens is 317 g/mol. The molecule has 0 bridgehead atoms. The maximum absolute atomic E-state index is 12.3. The molecule has 1 aromatic heterocycles. The van der Waals surface area contributed by atoms with Gasteiger partial charge < -0.3 is 20.8 Å². The molecule has 2 rings (SSSR count). The van der Waals surface area contributed by atoms with E-state index in [1.165, 1.54) is 12.3 Å². The van der Waals surface area contributed by atoms with Gasteiger partial charge in [0.15, 0.2) is 5.82 Å². The van der Waals surface area contributed by atoms with E-state index in [9.17, 15) is 18.0 Å². The van der Waals surface area contributed by atoms with Crippen molar-refractivity contribution in [3.05, 3.63) is 18.3 Å². The van der Waals surface area contributed by atoms with E-state index in [1.54, 1.807) is 6.07 Å². The number of hydrogen-bond donors (Lipinski definition) is 3. The largest absolute Gasteiger partial charge is 0.493 e. The number of carbonyl (C=O) groups excluding carboxylic acids is 1. The van der Waals surface area contributed by atoms with Gasteiger partial charge in [-0.15, -0.1) is 5.06 Å². The third-order valence-corrected chi connectivity index (χ3v) is 3.05. The lowest BCUT2D eigenvalue weighted by Crippen LogP contribution is -2.44. The fraction of sp³-hybridized carbons (Fsp3) is 0.417. The lowest BCUT2D eigenvalue weighted by atomic mass is 10.3. The molecule has 8 nitrogen and oxygen atoms in total. The van der Waals surface area contributed by atoms with E-state index in [-0.39, 0.29) is 10.9 Å². The van der Waals surface area contributed by atoms with Gasteiger partial charge in [0.2, 0.25) is 5.96 Å². The number of pyridine rings is 1. The van der Waals surface area contributed by atoms with Crippen molar-refractivity contribution in [2.45, 2.75) is 6.18 Å². The van der Waals surface area contributed by atoms with Crippen LogP contribution in [0.4, 0.5) is 24.7 Å². The molecule has 23 heavy (non-hydrogen) atoms. The van der Waals surface area contributed by atoms with Crippen molar-refractivity contribution in [3.63, 3.8) is 0 Å². The van der Waals surface area contributed by atoms with Crippen LogP contribution in [0.2, 0.25) is 0 Å². The van der Waals surface area contributed by atoms with Crippen molar-refractivity contribution in [1.82, 2.24) is 10.3 Å². The van der Waals surface area contributed by atoms with Crippen molar-refractivity contribution in [2.24, 2.45) is 5.73 Å². The number of nitrogens with one attached hydrogen (secondary N) is 2. The molecular formula is C12H15F3N6O2. The first-order valence-corrected chi connectivity index (χ1v) is 6.64. The molecule has 0 aromatic carbocycles. The van der Waals surface area contributed by atoms with Crippen molar-refractivity contribution in [1.29, 1.82) is 5.41 Å². The predicted octanol–water partition coefficient (Wildman–Crippen LogP) is 0.212. The first kappa shape index (κ1) is 16.8. The van der Waals surface area contributed by atoms with E-state index in [2.05, 4.69) is 15.1 Å². The normalized spacial score (nSPS) is 15.2. The summed E-state index contributed by atoms with van der Waals surface area (Å²) in [5.74, 6) is -3.58. The van der Waals surface area contributed by atoms with Crippen molar-refractivity contribution in [3.8, 4) is 0 Å². The molecule has 1 saturated heterocycles. The highest BCUT2D eigenvalue weighted by molar-refractivity contribution is 5.92.